The van der Waals surface area contributed by atoms with E-state index < -0.39 is 10.0 Å². The Labute approximate surface area is 200 Å². The summed E-state index contributed by atoms with van der Waals surface area (Å²) in [4.78, 5) is 11.3. The number of hydrogen-bond acceptors (Lipinski definition) is 8. The van der Waals surface area contributed by atoms with Gasteiger partial charge in [0.15, 0.2) is 0 Å². The van der Waals surface area contributed by atoms with Crippen molar-refractivity contribution in [1.82, 2.24) is 19.6 Å². The quantitative estimate of drug-likeness (QED) is 0.424. The Bertz CT molecular complexity index is 1160. The van der Waals surface area contributed by atoms with Crippen LogP contribution in [0, 0.1) is 0 Å². The second-order valence-electron chi connectivity index (χ2n) is 7.85. The Kier molecular flexibility index (Phi) is 8.07. The molecule has 0 saturated carbocycles. The van der Waals surface area contributed by atoms with Crippen LogP contribution in [0.2, 0.25) is 0 Å². The number of nitrogens with one attached hydrogen (secondary N) is 2. The minimum absolute atomic E-state index is 0.220. The number of anilines is 2. The average molecular weight is 484 g/mol. The number of hydrogen-bond donors (Lipinski definition) is 2. The maximum atomic E-state index is 12.6. The first kappa shape index (κ1) is 24.1. The minimum atomic E-state index is -3.56. The van der Waals surface area contributed by atoms with Crippen molar-refractivity contribution >= 4 is 21.7 Å². The molecule has 1 saturated heterocycles. The number of sulfonamides is 1. The van der Waals surface area contributed by atoms with Crippen LogP contribution in [0.4, 0.5) is 11.6 Å². The van der Waals surface area contributed by atoms with Crippen molar-refractivity contribution in [2.24, 2.45) is 0 Å². The summed E-state index contributed by atoms with van der Waals surface area (Å²) in [6.07, 6.45) is 2.43. The van der Waals surface area contributed by atoms with E-state index in [1.807, 2.05) is 30.3 Å². The fourth-order valence-corrected chi connectivity index (χ4v) is 4.68. The maximum absolute atomic E-state index is 12.6. The molecule has 10 heteroatoms. The third-order valence-electron chi connectivity index (χ3n) is 5.51. The van der Waals surface area contributed by atoms with Crippen LogP contribution in [0.25, 0.3) is 11.3 Å². The summed E-state index contributed by atoms with van der Waals surface area (Å²) < 4.78 is 38.4. The Balaban J connectivity index is 1.33. The highest BCUT2D eigenvalue weighted by molar-refractivity contribution is 7.89. The number of nitrogens with zero attached hydrogens (tertiary/aromatic N) is 3. The third-order valence-corrected chi connectivity index (χ3v) is 6.99. The largest absolute Gasteiger partial charge is 0.497 e. The van der Waals surface area contributed by atoms with Gasteiger partial charge in [0.05, 0.1) is 30.9 Å². The van der Waals surface area contributed by atoms with Gasteiger partial charge in [-0.25, -0.2) is 23.1 Å². The molecule has 4 rings (SSSR count). The van der Waals surface area contributed by atoms with E-state index in [0.717, 1.165) is 56.3 Å². The van der Waals surface area contributed by atoms with Crippen molar-refractivity contribution in [3.05, 3.63) is 60.8 Å². The van der Waals surface area contributed by atoms with E-state index in [0.29, 0.717) is 18.2 Å². The molecule has 3 aromatic rings. The van der Waals surface area contributed by atoms with E-state index in [9.17, 15) is 8.42 Å². The molecule has 180 valence electrons. The maximum Gasteiger partial charge on any atom is 0.240 e. The van der Waals surface area contributed by atoms with Crippen LogP contribution in [0.5, 0.6) is 5.75 Å². The Morgan fingerprint density at radius 3 is 2.47 bits per heavy atom. The standard InChI is InChI=1S/C24H29N5O4S/c1-32-21-7-3-19(4-8-21)23-11-13-25-24(28-23)27-20-5-9-22(10-6-20)34(30,31)26-12-2-14-29-15-17-33-18-16-29/h3-11,13,26H,2,12,14-18H2,1H3,(H,25,27,28). The topological polar surface area (TPSA) is 106 Å². The van der Waals surface area contributed by atoms with Crippen LogP contribution in [0.1, 0.15) is 6.42 Å². The van der Waals surface area contributed by atoms with E-state index >= 15 is 0 Å². The Morgan fingerprint density at radius 2 is 1.76 bits per heavy atom. The van der Waals surface area contributed by atoms with E-state index in [1.54, 1.807) is 37.6 Å². The summed E-state index contributed by atoms with van der Waals surface area (Å²) in [7, 11) is -1.94. The average Bonchev–Trinajstić information content (AvgIpc) is 2.88. The summed E-state index contributed by atoms with van der Waals surface area (Å²) in [5.74, 6) is 1.20. The van der Waals surface area contributed by atoms with Crippen molar-refractivity contribution in [2.75, 3.05) is 51.8 Å². The summed E-state index contributed by atoms with van der Waals surface area (Å²) >= 11 is 0. The smallest absolute Gasteiger partial charge is 0.240 e. The molecule has 1 aliphatic rings. The molecule has 1 aliphatic heterocycles. The zero-order valence-corrected chi connectivity index (χ0v) is 19.9. The van der Waals surface area contributed by atoms with Gasteiger partial charge in [0, 0.05) is 37.1 Å². The van der Waals surface area contributed by atoms with Gasteiger partial charge >= 0.3 is 0 Å². The molecule has 1 aromatic heterocycles. The molecule has 0 amide bonds. The second kappa shape index (κ2) is 11.4. The van der Waals surface area contributed by atoms with Crippen molar-refractivity contribution in [2.45, 2.75) is 11.3 Å². The Morgan fingerprint density at radius 1 is 1.03 bits per heavy atom. The van der Waals surface area contributed by atoms with Gasteiger partial charge in [-0.05, 0) is 67.6 Å². The molecule has 9 nitrogen and oxygen atoms in total. The first-order chi connectivity index (χ1) is 16.5. The van der Waals surface area contributed by atoms with Crippen molar-refractivity contribution in [3.63, 3.8) is 0 Å². The van der Waals surface area contributed by atoms with E-state index in [-0.39, 0.29) is 4.90 Å². The highest BCUT2D eigenvalue weighted by Crippen LogP contribution is 2.22. The molecule has 0 radical (unpaired) electrons. The van der Waals surface area contributed by atoms with Crippen molar-refractivity contribution < 1.29 is 17.9 Å². The van der Waals surface area contributed by atoms with Gasteiger partial charge in [0.2, 0.25) is 16.0 Å². The molecular formula is C24H29N5O4S. The number of morpholine rings is 1. The van der Waals surface area contributed by atoms with Gasteiger partial charge in [0.25, 0.3) is 0 Å². The second-order valence-corrected chi connectivity index (χ2v) is 9.62. The molecule has 0 aliphatic carbocycles. The number of aromatic nitrogens is 2. The SMILES string of the molecule is COc1ccc(-c2ccnc(Nc3ccc(S(=O)(=O)NCCCN4CCOCC4)cc3)n2)cc1. The zero-order chi connectivity index (χ0) is 23.8. The van der Waals surface area contributed by atoms with E-state index in [1.165, 1.54) is 0 Å². The molecule has 2 N–H and O–H groups in total. The molecule has 1 fully saturated rings. The molecule has 0 atom stereocenters. The summed E-state index contributed by atoms with van der Waals surface area (Å²) in [6.45, 7) is 4.52. The lowest BCUT2D eigenvalue weighted by atomic mass is 10.1. The predicted molar refractivity (Wildman–Crippen MR) is 131 cm³/mol. The first-order valence-electron chi connectivity index (χ1n) is 11.2. The number of methoxy groups -OCH3 is 1. The van der Waals surface area contributed by atoms with Crippen molar-refractivity contribution in [1.29, 1.82) is 0 Å². The predicted octanol–water partition coefficient (Wildman–Crippen LogP) is 2.90. The van der Waals surface area contributed by atoms with Gasteiger partial charge < -0.3 is 14.8 Å². The molecule has 0 bridgehead atoms. The van der Waals surface area contributed by atoms with E-state index in [2.05, 4.69) is 24.9 Å². The lowest BCUT2D eigenvalue weighted by Crippen LogP contribution is -2.38. The number of benzene rings is 2. The summed E-state index contributed by atoms with van der Waals surface area (Å²) in [5, 5.41) is 3.13. The van der Waals surface area contributed by atoms with Crippen LogP contribution >= 0.6 is 0 Å². The summed E-state index contributed by atoms with van der Waals surface area (Å²) in [5.41, 5.74) is 2.39. The highest BCUT2D eigenvalue weighted by Gasteiger charge is 2.15. The Hall–Kier alpha value is -3.05. The van der Waals surface area contributed by atoms with Crippen LogP contribution in [-0.4, -0.2) is 69.8 Å². The van der Waals surface area contributed by atoms with Gasteiger partial charge in [0.1, 0.15) is 5.75 Å². The molecule has 0 unspecified atom stereocenters. The van der Waals surface area contributed by atoms with Crippen LogP contribution in [0.15, 0.2) is 65.7 Å². The van der Waals surface area contributed by atoms with Gasteiger partial charge in [-0.1, -0.05) is 0 Å². The van der Waals surface area contributed by atoms with Crippen LogP contribution in [0.3, 0.4) is 0 Å². The van der Waals surface area contributed by atoms with Gasteiger partial charge in [-0.15, -0.1) is 0 Å². The highest BCUT2D eigenvalue weighted by atomic mass is 32.2. The lowest BCUT2D eigenvalue weighted by molar-refractivity contribution is 0.0376. The minimum Gasteiger partial charge on any atom is -0.497 e. The van der Waals surface area contributed by atoms with E-state index in [4.69, 9.17) is 9.47 Å². The number of rotatable bonds is 10. The fraction of sp³-hybridized carbons (Fsp3) is 0.333. The third kappa shape index (κ3) is 6.51. The normalized spacial score (nSPS) is 14.6. The van der Waals surface area contributed by atoms with Crippen LogP contribution < -0.4 is 14.8 Å². The zero-order valence-electron chi connectivity index (χ0n) is 19.1. The number of ether oxygens (including phenoxy) is 2. The summed E-state index contributed by atoms with van der Waals surface area (Å²) in [6, 6.07) is 16.0. The molecule has 2 aromatic carbocycles. The van der Waals surface area contributed by atoms with Gasteiger partial charge in [-0.3, -0.25) is 4.90 Å². The molecule has 34 heavy (non-hydrogen) atoms. The first-order valence-corrected chi connectivity index (χ1v) is 12.7. The molecule has 0 spiro atoms. The fourth-order valence-electron chi connectivity index (χ4n) is 3.61. The molecule has 2 heterocycles. The monoisotopic (exact) mass is 483 g/mol. The molecular weight excluding hydrogens is 454 g/mol. The van der Waals surface area contributed by atoms with Crippen LogP contribution in [-0.2, 0) is 14.8 Å². The lowest BCUT2D eigenvalue weighted by Gasteiger charge is -2.26. The van der Waals surface area contributed by atoms with Crippen molar-refractivity contribution in [3.8, 4) is 17.0 Å². The van der Waals surface area contributed by atoms with Gasteiger partial charge in [-0.2, -0.15) is 0 Å².